The lowest BCUT2D eigenvalue weighted by atomic mass is 10.2. The molecule has 5 nitrogen and oxygen atoms in total. The standard InChI is InChI=1S/C13H17ClN4O/c1-19-9-8-17-4-6-18(7-5-17)12-3-2-11(10-15)13(14)16-12/h2-3H,4-9H2,1H3. The van der Waals surface area contributed by atoms with Gasteiger partial charge in [-0.25, -0.2) is 4.98 Å². The topological polar surface area (TPSA) is 52.4 Å². The van der Waals surface area contributed by atoms with Gasteiger partial charge in [0.05, 0.1) is 12.2 Å². The number of methoxy groups -OCH3 is 1. The van der Waals surface area contributed by atoms with Gasteiger partial charge in [0.2, 0.25) is 0 Å². The fourth-order valence-corrected chi connectivity index (χ4v) is 2.30. The maximum absolute atomic E-state index is 8.83. The summed E-state index contributed by atoms with van der Waals surface area (Å²) < 4.78 is 5.08. The second-order valence-electron chi connectivity index (χ2n) is 4.44. The van der Waals surface area contributed by atoms with Crippen molar-refractivity contribution in [2.24, 2.45) is 0 Å². The lowest BCUT2D eigenvalue weighted by molar-refractivity contribution is 0.144. The average molecular weight is 281 g/mol. The number of aromatic nitrogens is 1. The number of piperazine rings is 1. The van der Waals surface area contributed by atoms with Gasteiger partial charge in [-0.2, -0.15) is 5.26 Å². The molecule has 0 saturated carbocycles. The minimum Gasteiger partial charge on any atom is -0.383 e. The van der Waals surface area contributed by atoms with E-state index in [1.54, 1.807) is 13.2 Å². The third-order valence-electron chi connectivity index (χ3n) is 3.26. The Bertz CT molecular complexity index is 466. The Morgan fingerprint density at radius 3 is 2.68 bits per heavy atom. The van der Waals surface area contributed by atoms with Crippen LogP contribution in [-0.4, -0.2) is 56.3 Å². The second kappa shape index (κ2) is 6.71. The third kappa shape index (κ3) is 3.57. The van der Waals surface area contributed by atoms with Gasteiger partial charge in [-0.3, -0.25) is 4.90 Å². The average Bonchev–Trinajstić information content (AvgIpc) is 2.45. The number of hydrogen-bond donors (Lipinski definition) is 0. The Labute approximate surface area is 118 Å². The van der Waals surface area contributed by atoms with E-state index in [0.29, 0.717) is 5.56 Å². The van der Waals surface area contributed by atoms with E-state index >= 15 is 0 Å². The zero-order chi connectivity index (χ0) is 13.7. The Kier molecular flexibility index (Phi) is 4.97. The van der Waals surface area contributed by atoms with Crippen molar-refractivity contribution in [3.05, 3.63) is 22.8 Å². The number of hydrogen-bond acceptors (Lipinski definition) is 5. The number of nitrogens with zero attached hydrogens (tertiary/aromatic N) is 4. The summed E-state index contributed by atoms with van der Waals surface area (Å²) in [5, 5.41) is 9.11. The van der Waals surface area contributed by atoms with Gasteiger partial charge in [-0.05, 0) is 12.1 Å². The molecule has 102 valence electrons. The predicted octanol–water partition coefficient (Wildman–Crippen LogP) is 1.38. The van der Waals surface area contributed by atoms with E-state index in [0.717, 1.165) is 45.1 Å². The first-order chi connectivity index (χ1) is 9.24. The van der Waals surface area contributed by atoms with Crippen LogP contribution in [0.1, 0.15) is 5.56 Å². The molecular formula is C13H17ClN4O. The molecule has 0 unspecified atom stereocenters. The molecule has 1 aliphatic rings. The molecule has 1 aromatic heterocycles. The van der Waals surface area contributed by atoms with Crippen LogP contribution < -0.4 is 4.90 Å². The Morgan fingerprint density at radius 1 is 1.37 bits per heavy atom. The van der Waals surface area contributed by atoms with E-state index in [1.165, 1.54) is 0 Å². The van der Waals surface area contributed by atoms with Crippen molar-refractivity contribution in [1.82, 2.24) is 9.88 Å². The first-order valence-electron chi connectivity index (χ1n) is 6.27. The number of ether oxygens (including phenoxy) is 1. The SMILES string of the molecule is COCCN1CCN(c2ccc(C#N)c(Cl)n2)CC1. The summed E-state index contributed by atoms with van der Waals surface area (Å²) >= 11 is 5.96. The van der Waals surface area contributed by atoms with Crippen LogP contribution in [-0.2, 0) is 4.74 Å². The normalized spacial score (nSPS) is 16.4. The first kappa shape index (κ1) is 14.1. The molecule has 0 aliphatic carbocycles. The summed E-state index contributed by atoms with van der Waals surface area (Å²) in [6.07, 6.45) is 0. The van der Waals surface area contributed by atoms with Crippen LogP contribution in [0.4, 0.5) is 5.82 Å². The highest BCUT2D eigenvalue weighted by Gasteiger charge is 2.18. The second-order valence-corrected chi connectivity index (χ2v) is 4.80. The van der Waals surface area contributed by atoms with E-state index in [4.69, 9.17) is 21.6 Å². The zero-order valence-corrected chi connectivity index (χ0v) is 11.7. The van der Waals surface area contributed by atoms with Crippen LogP contribution in [0, 0.1) is 11.3 Å². The molecule has 1 aliphatic heterocycles. The van der Waals surface area contributed by atoms with Crippen molar-refractivity contribution >= 4 is 17.4 Å². The first-order valence-corrected chi connectivity index (χ1v) is 6.65. The number of halogens is 1. The van der Waals surface area contributed by atoms with Crippen LogP contribution >= 0.6 is 11.6 Å². The van der Waals surface area contributed by atoms with Gasteiger partial charge in [-0.1, -0.05) is 11.6 Å². The number of rotatable bonds is 4. The molecule has 0 N–H and O–H groups in total. The predicted molar refractivity (Wildman–Crippen MR) is 74.5 cm³/mol. The van der Waals surface area contributed by atoms with E-state index in [-0.39, 0.29) is 5.15 Å². The summed E-state index contributed by atoms with van der Waals surface area (Å²) in [7, 11) is 1.72. The van der Waals surface area contributed by atoms with Gasteiger partial charge in [0.25, 0.3) is 0 Å². The van der Waals surface area contributed by atoms with Crippen molar-refractivity contribution in [1.29, 1.82) is 5.26 Å². The van der Waals surface area contributed by atoms with Crippen molar-refractivity contribution in [3.63, 3.8) is 0 Å². The zero-order valence-electron chi connectivity index (χ0n) is 11.0. The van der Waals surface area contributed by atoms with Gasteiger partial charge in [-0.15, -0.1) is 0 Å². The highest BCUT2D eigenvalue weighted by molar-refractivity contribution is 6.30. The van der Waals surface area contributed by atoms with Crippen LogP contribution in [0.15, 0.2) is 12.1 Å². The summed E-state index contributed by atoms with van der Waals surface area (Å²) in [6.45, 7) is 5.54. The summed E-state index contributed by atoms with van der Waals surface area (Å²) in [5.41, 5.74) is 0.421. The molecule has 1 aromatic rings. The third-order valence-corrected chi connectivity index (χ3v) is 3.55. The van der Waals surface area contributed by atoms with Crippen LogP contribution in [0.25, 0.3) is 0 Å². The smallest absolute Gasteiger partial charge is 0.149 e. The summed E-state index contributed by atoms with van der Waals surface area (Å²) in [6, 6.07) is 5.60. The fraction of sp³-hybridized carbons (Fsp3) is 0.538. The minimum atomic E-state index is 0.279. The molecule has 19 heavy (non-hydrogen) atoms. The summed E-state index contributed by atoms with van der Waals surface area (Å²) in [5.74, 6) is 0.843. The van der Waals surface area contributed by atoms with Crippen molar-refractivity contribution in [2.45, 2.75) is 0 Å². The van der Waals surface area contributed by atoms with E-state index in [9.17, 15) is 0 Å². The molecule has 0 spiro atoms. The van der Waals surface area contributed by atoms with Crippen molar-refractivity contribution < 1.29 is 4.74 Å². The van der Waals surface area contributed by atoms with Crippen molar-refractivity contribution in [2.75, 3.05) is 51.3 Å². The lowest BCUT2D eigenvalue weighted by Crippen LogP contribution is -2.47. The minimum absolute atomic E-state index is 0.279. The summed E-state index contributed by atoms with van der Waals surface area (Å²) in [4.78, 5) is 8.84. The van der Waals surface area contributed by atoms with Gasteiger partial charge >= 0.3 is 0 Å². The fourth-order valence-electron chi connectivity index (χ4n) is 2.11. The molecule has 1 fully saturated rings. The molecule has 0 atom stereocenters. The Morgan fingerprint density at radius 2 is 2.11 bits per heavy atom. The Hall–Kier alpha value is -1.35. The van der Waals surface area contributed by atoms with E-state index in [2.05, 4.69) is 14.8 Å². The quantitative estimate of drug-likeness (QED) is 0.780. The van der Waals surface area contributed by atoms with Gasteiger partial charge in [0, 0.05) is 39.8 Å². The molecule has 6 heteroatoms. The molecule has 0 radical (unpaired) electrons. The molecule has 2 heterocycles. The number of pyridine rings is 1. The number of nitriles is 1. The maximum atomic E-state index is 8.83. The van der Waals surface area contributed by atoms with E-state index < -0.39 is 0 Å². The van der Waals surface area contributed by atoms with Crippen LogP contribution in [0.3, 0.4) is 0 Å². The van der Waals surface area contributed by atoms with E-state index in [1.807, 2.05) is 12.1 Å². The highest BCUT2D eigenvalue weighted by Crippen LogP contribution is 2.19. The van der Waals surface area contributed by atoms with Gasteiger partial charge < -0.3 is 9.64 Å². The molecule has 0 amide bonds. The highest BCUT2D eigenvalue weighted by atomic mass is 35.5. The van der Waals surface area contributed by atoms with Gasteiger partial charge in [0.1, 0.15) is 17.0 Å². The molecular weight excluding hydrogens is 264 g/mol. The Balaban J connectivity index is 1.94. The largest absolute Gasteiger partial charge is 0.383 e. The molecule has 2 rings (SSSR count). The number of anilines is 1. The van der Waals surface area contributed by atoms with Crippen LogP contribution in [0.2, 0.25) is 5.15 Å². The molecule has 0 bridgehead atoms. The molecule has 1 saturated heterocycles. The van der Waals surface area contributed by atoms with Crippen molar-refractivity contribution in [3.8, 4) is 6.07 Å². The maximum Gasteiger partial charge on any atom is 0.149 e. The monoisotopic (exact) mass is 280 g/mol. The van der Waals surface area contributed by atoms with Crippen LogP contribution in [0.5, 0.6) is 0 Å². The molecule has 0 aromatic carbocycles. The van der Waals surface area contributed by atoms with Gasteiger partial charge in [0.15, 0.2) is 0 Å². The lowest BCUT2D eigenvalue weighted by Gasteiger charge is -2.35.